The molecule has 1 atom stereocenters. The molecule has 2 heterocycles. The van der Waals surface area contributed by atoms with E-state index < -0.39 is 0 Å². The Hall–Kier alpha value is -2.36. The Kier molecular flexibility index (Phi) is 5.60. The van der Waals surface area contributed by atoms with E-state index >= 15 is 0 Å². The Balaban J connectivity index is 1.88. The standard InChI is InChI=1S/C20H24N4OS/c1-4-24(5-2)15-7-6-14(18(25)10-15)12-22-20-17(11-21)16-8-9-23(3)13-19(16)26-20/h6-7,10,12,25H,4-5,8-9,13H2,1-3H3/p+1/b22-12+. The van der Waals surface area contributed by atoms with E-state index in [-0.39, 0.29) is 5.75 Å². The number of nitriles is 1. The van der Waals surface area contributed by atoms with Gasteiger partial charge in [0.05, 0.1) is 24.0 Å². The van der Waals surface area contributed by atoms with E-state index in [1.807, 2.05) is 12.1 Å². The average molecular weight is 370 g/mol. The summed E-state index contributed by atoms with van der Waals surface area (Å²) >= 11 is 1.60. The molecule has 2 aromatic rings. The molecule has 1 aromatic heterocycles. The summed E-state index contributed by atoms with van der Waals surface area (Å²) in [5, 5.41) is 20.7. The maximum Gasteiger partial charge on any atom is 0.134 e. The fraction of sp³-hybridized carbons (Fsp3) is 0.400. The van der Waals surface area contributed by atoms with Gasteiger partial charge < -0.3 is 14.9 Å². The molecule has 0 amide bonds. The largest absolute Gasteiger partial charge is 0.507 e. The second kappa shape index (κ2) is 7.90. The Bertz CT molecular complexity index is 861. The number of anilines is 1. The van der Waals surface area contributed by atoms with Gasteiger partial charge in [-0.25, -0.2) is 4.99 Å². The van der Waals surface area contributed by atoms with Crippen LogP contribution in [0, 0.1) is 11.3 Å². The van der Waals surface area contributed by atoms with E-state index in [1.54, 1.807) is 23.6 Å². The van der Waals surface area contributed by atoms with E-state index in [2.05, 4.69) is 36.9 Å². The molecular weight excluding hydrogens is 344 g/mol. The Morgan fingerprint density at radius 1 is 1.38 bits per heavy atom. The second-order valence-corrected chi connectivity index (χ2v) is 7.69. The van der Waals surface area contributed by atoms with Crippen molar-refractivity contribution < 1.29 is 10.0 Å². The topological polar surface area (TPSA) is 64.1 Å². The predicted molar refractivity (Wildman–Crippen MR) is 107 cm³/mol. The number of benzene rings is 1. The normalized spacial score (nSPS) is 16.5. The van der Waals surface area contributed by atoms with Crippen molar-refractivity contribution in [3.05, 3.63) is 39.8 Å². The summed E-state index contributed by atoms with van der Waals surface area (Å²) in [7, 11) is 2.17. The zero-order chi connectivity index (χ0) is 18.7. The van der Waals surface area contributed by atoms with Gasteiger partial charge in [-0.15, -0.1) is 11.3 Å². The predicted octanol–water partition coefficient (Wildman–Crippen LogP) is 2.49. The number of fused-ring (bicyclic) bond motifs is 1. The minimum atomic E-state index is 0.210. The van der Waals surface area contributed by atoms with Crippen LogP contribution in [-0.4, -0.2) is 38.0 Å². The van der Waals surface area contributed by atoms with Gasteiger partial charge in [-0.3, -0.25) is 0 Å². The van der Waals surface area contributed by atoms with Crippen molar-refractivity contribution in [2.75, 3.05) is 31.6 Å². The lowest BCUT2D eigenvalue weighted by atomic mass is 10.0. The molecule has 1 aliphatic rings. The van der Waals surface area contributed by atoms with E-state index in [9.17, 15) is 10.4 Å². The first-order chi connectivity index (χ1) is 12.6. The number of hydrogen-bond donors (Lipinski definition) is 2. The van der Waals surface area contributed by atoms with Crippen LogP contribution in [0.25, 0.3) is 0 Å². The SMILES string of the molecule is CCN(CC)c1ccc(/C=N/c2sc3c(c2C#N)CC[NH+](C)C3)c(O)c1. The van der Waals surface area contributed by atoms with Crippen LogP contribution < -0.4 is 9.80 Å². The highest BCUT2D eigenvalue weighted by atomic mass is 32.1. The molecule has 136 valence electrons. The third kappa shape index (κ3) is 3.59. The van der Waals surface area contributed by atoms with Crippen molar-refractivity contribution >= 4 is 28.2 Å². The number of aromatic hydroxyl groups is 1. The van der Waals surface area contributed by atoms with Crippen molar-refractivity contribution in [3.63, 3.8) is 0 Å². The van der Waals surface area contributed by atoms with Crippen molar-refractivity contribution in [2.45, 2.75) is 26.8 Å². The third-order valence-electron chi connectivity index (χ3n) is 4.91. The molecule has 0 saturated carbocycles. The van der Waals surface area contributed by atoms with Gasteiger partial charge in [0.2, 0.25) is 0 Å². The lowest BCUT2D eigenvalue weighted by molar-refractivity contribution is -0.895. The second-order valence-electron chi connectivity index (χ2n) is 6.60. The van der Waals surface area contributed by atoms with Crippen molar-refractivity contribution in [1.29, 1.82) is 5.26 Å². The first-order valence-electron chi connectivity index (χ1n) is 9.05. The molecular formula is C20H25N4OS+. The summed E-state index contributed by atoms with van der Waals surface area (Å²) in [6, 6.07) is 7.98. The van der Waals surface area contributed by atoms with Gasteiger partial charge in [0.1, 0.15) is 23.4 Å². The molecule has 1 aliphatic heterocycles. The van der Waals surface area contributed by atoms with Gasteiger partial charge in [0.15, 0.2) is 0 Å². The summed E-state index contributed by atoms with van der Waals surface area (Å²) in [4.78, 5) is 9.45. The van der Waals surface area contributed by atoms with Gasteiger partial charge in [0, 0.05) is 43.0 Å². The van der Waals surface area contributed by atoms with Gasteiger partial charge in [-0.05, 0) is 31.5 Å². The van der Waals surface area contributed by atoms with Crippen LogP contribution >= 0.6 is 11.3 Å². The van der Waals surface area contributed by atoms with E-state index in [0.717, 1.165) is 48.9 Å². The summed E-state index contributed by atoms with van der Waals surface area (Å²) < 4.78 is 0. The zero-order valence-corrected chi connectivity index (χ0v) is 16.4. The molecule has 1 aromatic carbocycles. The molecule has 0 spiro atoms. The number of quaternary nitrogens is 1. The van der Waals surface area contributed by atoms with Crippen molar-refractivity contribution in [3.8, 4) is 11.8 Å². The van der Waals surface area contributed by atoms with Crippen LogP contribution in [0.3, 0.4) is 0 Å². The maximum atomic E-state index is 10.3. The molecule has 5 nitrogen and oxygen atoms in total. The van der Waals surface area contributed by atoms with E-state index in [4.69, 9.17) is 0 Å². The van der Waals surface area contributed by atoms with Gasteiger partial charge >= 0.3 is 0 Å². The number of phenolic OH excluding ortho intramolecular Hbond substituents is 1. The molecule has 0 fully saturated rings. The van der Waals surface area contributed by atoms with E-state index in [0.29, 0.717) is 11.1 Å². The van der Waals surface area contributed by atoms with Crippen LogP contribution in [0.5, 0.6) is 5.75 Å². The molecule has 0 aliphatic carbocycles. The van der Waals surface area contributed by atoms with Crippen LogP contribution in [-0.2, 0) is 13.0 Å². The first-order valence-corrected chi connectivity index (χ1v) is 9.86. The molecule has 1 unspecified atom stereocenters. The monoisotopic (exact) mass is 369 g/mol. The lowest BCUT2D eigenvalue weighted by Gasteiger charge is -2.21. The van der Waals surface area contributed by atoms with Crippen molar-refractivity contribution in [1.82, 2.24) is 0 Å². The van der Waals surface area contributed by atoms with Crippen LogP contribution in [0.4, 0.5) is 10.7 Å². The third-order valence-corrected chi connectivity index (χ3v) is 6.05. The molecule has 2 N–H and O–H groups in total. The Labute approximate surface area is 158 Å². The van der Waals surface area contributed by atoms with Crippen LogP contribution in [0.15, 0.2) is 23.2 Å². The smallest absolute Gasteiger partial charge is 0.134 e. The highest BCUT2D eigenvalue weighted by Gasteiger charge is 2.24. The highest BCUT2D eigenvalue weighted by Crippen LogP contribution is 2.36. The summed E-state index contributed by atoms with van der Waals surface area (Å²) in [6.45, 7) is 7.98. The Morgan fingerprint density at radius 2 is 2.15 bits per heavy atom. The summed E-state index contributed by atoms with van der Waals surface area (Å²) in [6.07, 6.45) is 2.59. The lowest BCUT2D eigenvalue weighted by Crippen LogP contribution is -3.08. The molecule has 0 bridgehead atoms. The minimum absolute atomic E-state index is 0.210. The number of thiophene rings is 1. The number of aliphatic imine (C=N–C) groups is 1. The quantitative estimate of drug-likeness (QED) is 0.796. The van der Waals surface area contributed by atoms with Crippen LogP contribution in [0.2, 0.25) is 0 Å². The van der Waals surface area contributed by atoms with Crippen molar-refractivity contribution in [2.24, 2.45) is 4.99 Å². The fourth-order valence-corrected chi connectivity index (χ4v) is 4.62. The van der Waals surface area contributed by atoms with Gasteiger partial charge in [0.25, 0.3) is 0 Å². The number of nitrogens with zero attached hydrogens (tertiary/aromatic N) is 3. The molecule has 6 heteroatoms. The maximum absolute atomic E-state index is 10.3. The molecule has 3 rings (SSSR count). The summed E-state index contributed by atoms with van der Waals surface area (Å²) in [5.41, 5.74) is 3.53. The van der Waals surface area contributed by atoms with Gasteiger partial charge in [-0.2, -0.15) is 5.26 Å². The number of rotatable bonds is 5. The minimum Gasteiger partial charge on any atom is -0.507 e. The van der Waals surface area contributed by atoms with Crippen LogP contribution in [0.1, 0.15) is 35.4 Å². The zero-order valence-electron chi connectivity index (χ0n) is 15.5. The number of nitrogens with one attached hydrogen (secondary N) is 1. The number of likely N-dealkylation sites (N-methyl/N-ethyl adjacent to an activating group) is 1. The summed E-state index contributed by atoms with van der Waals surface area (Å²) in [5.74, 6) is 0.210. The molecule has 26 heavy (non-hydrogen) atoms. The average Bonchev–Trinajstić information content (AvgIpc) is 2.98. The first kappa shape index (κ1) is 18.4. The van der Waals surface area contributed by atoms with E-state index in [1.165, 1.54) is 9.78 Å². The fourth-order valence-electron chi connectivity index (χ4n) is 3.37. The number of hydrogen-bond acceptors (Lipinski definition) is 5. The molecule has 0 radical (unpaired) electrons. The highest BCUT2D eigenvalue weighted by molar-refractivity contribution is 7.16. The number of phenols is 1. The van der Waals surface area contributed by atoms with Gasteiger partial charge in [-0.1, -0.05) is 0 Å². The Morgan fingerprint density at radius 3 is 2.81 bits per heavy atom. The molecule has 0 saturated heterocycles.